The Bertz CT molecular complexity index is 250. The lowest BCUT2D eigenvalue weighted by Crippen LogP contribution is -2.72. The van der Waals surface area contributed by atoms with Crippen LogP contribution in [0.5, 0.6) is 5.75 Å². The number of quaternary nitrogens is 1. The third kappa shape index (κ3) is 1.68. The van der Waals surface area contributed by atoms with Crippen molar-refractivity contribution in [1.29, 1.82) is 0 Å². The Morgan fingerprint density at radius 2 is 2.18 bits per heavy atom. The van der Waals surface area contributed by atoms with Crippen molar-refractivity contribution in [2.75, 3.05) is 14.2 Å². The van der Waals surface area contributed by atoms with Crippen molar-refractivity contribution in [2.24, 2.45) is 0 Å². The highest BCUT2D eigenvalue weighted by Gasteiger charge is 2.04. The first-order valence-corrected chi connectivity index (χ1v) is 3.41. The number of hydrogen-bond donors (Lipinski definition) is 1. The van der Waals surface area contributed by atoms with E-state index in [9.17, 15) is 4.39 Å². The van der Waals surface area contributed by atoms with E-state index in [1.807, 2.05) is 12.4 Å². The minimum absolute atomic E-state index is 0.271. The summed E-state index contributed by atoms with van der Waals surface area (Å²) < 4.78 is 17.5. The molecule has 0 heterocycles. The van der Waals surface area contributed by atoms with Gasteiger partial charge in [0.15, 0.2) is 11.4 Å². The van der Waals surface area contributed by atoms with Gasteiger partial charge in [0.25, 0.3) is 0 Å². The van der Waals surface area contributed by atoms with Crippen LogP contribution in [-0.4, -0.2) is 14.2 Å². The van der Waals surface area contributed by atoms with Gasteiger partial charge in [-0.1, -0.05) is 0 Å². The normalized spacial score (nSPS) is 9.73. The number of methoxy groups -OCH3 is 1. The second-order valence-electron chi connectivity index (χ2n) is 2.17. The molecule has 0 bridgehead atoms. The standard InChI is InChI=1S/C8H10FNO/c1-10-7-4-3-6(9)5-8(7)11-2/h3-5,10H,1-2H3/p+1. The minimum atomic E-state index is -0.271. The first kappa shape index (κ1) is 8.01. The Kier molecular flexibility index (Phi) is 2.44. The molecule has 0 saturated carbocycles. The van der Waals surface area contributed by atoms with Gasteiger partial charge in [0.05, 0.1) is 14.2 Å². The molecule has 0 radical (unpaired) electrons. The van der Waals surface area contributed by atoms with Crippen molar-refractivity contribution in [2.45, 2.75) is 0 Å². The van der Waals surface area contributed by atoms with E-state index in [-0.39, 0.29) is 5.82 Å². The van der Waals surface area contributed by atoms with Gasteiger partial charge in [-0.15, -0.1) is 0 Å². The number of rotatable bonds is 2. The number of benzene rings is 1. The van der Waals surface area contributed by atoms with Crippen LogP contribution in [0.1, 0.15) is 0 Å². The molecule has 0 fully saturated rings. The second kappa shape index (κ2) is 3.34. The summed E-state index contributed by atoms with van der Waals surface area (Å²) in [6.45, 7) is 0. The minimum Gasteiger partial charge on any atom is -0.491 e. The molecule has 0 atom stereocenters. The predicted molar refractivity (Wildman–Crippen MR) is 40.5 cm³/mol. The van der Waals surface area contributed by atoms with Crippen LogP contribution in [0.25, 0.3) is 0 Å². The van der Waals surface area contributed by atoms with E-state index in [4.69, 9.17) is 4.74 Å². The molecule has 2 N–H and O–H groups in total. The van der Waals surface area contributed by atoms with Crippen LogP contribution < -0.4 is 10.1 Å². The molecule has 1 rings (SSSR count). The summed E-state index contributed by atoms with van der Waals surface area (Å²) >= 11 is 0. The monoisotopic (exact) mass is 156 g/mol. The van der Waals surface area contributed by atoms with E-state index in [0.29, 0.717) is 5.75 Å². The molecule has 11 heavy (non-hydrogen) atoms. The molecule has 3 heteroatoms. The molecular formula is C8H11FNO+. The van der Waals surface area contributed by atoms with Crippen LogP contribution in [-0.2, 0) is 0 Å². The predicted octanol–water partition coefficient (Wildman–Crippen LogP) is 0.659. The lowest BCUT2D eigenvalue weighted by atomic mass is 10.3. The van der Waals surface area contributed by atoms with Gasteiger partial charge < -0.3 is 10.1 Å². The zero-order valence-electron chi connectivity index (χ0n) is 6.60. The van der Waals surface area contributed by atoms with E-state index in [1.165, 1.54) is 19.2 Å². The molecule has 0 aliphatic rings. The highest BCUT2D eigenvalue weighted by atomic mass is 19.1. The summed E-state index contributed by atoms with van der Waals surface area (Å²) in [5.41, 5.74) is 0.911. The van der Waals surface area contributed by atoms with Gasteiger partial charge in [-0.2, -0.15) is 0 Å². The van der Waals surface area contributed by atoms with Crippen LogP contribution in [0.3, 0.4) is 0 Å². The topological polar surface area (TPSA) is 25.8 Å². The number of nitrogens with two attached hydrogens (primary N) is 1. The first-order chi connectivity index (χ1) is 5.27. The fraction of sp³-hybridized carbons (Fsp3) is 0.250. The van der Waals surface area contributed by atoms with Gasteiger partial charge in [-0.05, 0) is 6.07 Å². The highest BCUT2D eigenvalue weighted by Crippen LogP contribution is 2.19. The average molecular weight is 156 g/mol. The van der Waals surface area contributed by atoms with E-state index in [0.717, 1.165) is 5.69 Å². The van der Waals surface area contributed by atoms with Crippen molar-refractivity contribution in [3.8, 4) is 5.75 Å². The van der Waals surface area contributed by atoms with Crippen LogP contribution in [0, 0.1) is 5.82 Å². The lowest BCUT2D eigenvalue weighted by molar-refractivity contribution is -0.540. The van der Waals surface area contributed by atoms with Gasteiger partial charge >= 0.3 is 0 Å². The van der Waals surface area contributed by atoms with Gasteiger partial charge in [0.2, 0.25) is 0 Å². The largest absolute Gasteiger partial charge is 0.491 e. The first-order valence-electron chi connectivity index (χ1n) is 3.41. The molecule has 0 unspecified atom stereocenters. The third-order valence-corrected chi connectivity index (χ3v) is 1.51. The van der Waals surface area contributed by atoms with Gasteiger partial charge in [0, 0.05) is 12.1 Å². The Balaban J connectivity index is 3.06. The Labute approximate surface area is 65.0 Å². The Morgan fingerprint density at radius 1 is 1.45 bits per heavy atom. The zero-order valence-corrected chi connectivity index (χ0v) is 6.60. The van der Waals surface area contributed by atoms with Crippen LogP contribution >= 0.6 is 0 Å². The van der Waals surface area contributed by atoms with E-state index >= 15 is 0 Å². The van der Waals surface area contributed by atoms with Crippen molar-refractivity contribution in [1.82, 2.24) is 0 Å². The number of hydrogen-bond acceptors (Lipinski definition) is 1. The average Bonchev–Trinajstić information content (AvgIpc) is 2.04. The van der Waals surface area contributed by atoms with Gasteiger partial charge in [-0.25, -0.2) is 4.39 Å². The maximum Gasteiger partial charge on any atom is 0.182 e. The van der Waals surface area contributed by atoms with Gasteiger partial charge in [-0.3, -0.25) is 0 Å². The molecule has 0 aliphatic heterocycles. The summed E-state index contributed by atoms with van der Waals surface area (Å²) in [4.78, 5) is 0. The van der Waals surface area contributed by atoms with Crippen molar-refractivity contribution >= 4 is 5.69 Å². The smallest absolute Gasteiger partial charge is 0.182 e. The lowest BCUT2D eigenvalue weighted by Gasteiger charge is -2.02. The van der Waals surface area contributed by atoms with Crippen molar-refractivity contribution in [3.05, 3.63) is 24.0 Å². The summed E-state index contributed by atoms with van der Waals surface area (Å²) in [5, 5.41) is 1.87. The number of ether oxygens (including phenoxy) is 1. The molecule has 0 spiro atoms. The molecule has 0 saturated heterocycles. The molecule has 0 aromatic heterocycles. The quantitative estimate of drug-likeness (QED) is 0.625. The zero-order chi connectivity index (χ0) is 8.27. The molecule has 1 aromatic rings. The maximum absolute atomic E-state index is 12.6. The van der Waals surface area contributed by atoms with E-state index in [2.05, 4.69) is 0 Å². The summed E-state index contributed by atoms with van der Waals surface area (Å²) in [6.07, 6.45) is 0. The fourth-order valence-corrected chi connectivity index (χ4v) is 0.923. The highest BCUT2D eigenvalue weighted by molar-refractivity contribution is 5.44. The second-order valence-corrected chi connectivity index (χ2v) is 2.17. The molecule has 1 aromatic carbocycles. The number of halogens is 1. The van der Waals surface area contributed by atoms with E-state index < -0.39 is 0 Å². The van der Waals surface area contributed by atoms with Gasteiger partial charge in [0.1, 0.15) is 5.82 Å². The molecule has 60 valence electrons. The van der Waals surface area contributed by atoms with Crippen molar-refractivity contribution < 1.29 is 14.4 Å². The Hall–Kier alpha value is -1.09. The maximum atomic E-state index is 12.6. The fourth-order valence-electron chi connectivity index (χ4n) is 0.923. The third-order valence-electron chi connectivity index (χ3n) is 1.51. The summed E-state index contributed by atoms with van der Waals surface area (Å²) in [5.74, 6) is 0.306. The molecular weight excluding hydrogens is 145 g/mol. The van der Waals surface area contributed by atoms with Crippen LogP contribution in [0.15, 0.2) is 18.2 Å². The van der Waals surface area contributed by atoms with Crippen LogP contribution in [0.4, 0.5) is 10.1 Å². The van der Waals surface area contributed by atoms with E-state index in [1.54, 1.807) is 6.07 Å². The Morgan fingerprint density at radius 3 is 2.73 bits per heavy atom. The van der Waals surface area contributed by atoms with Crippen LogP contribution in [0.2, 0.25) is 0 Å². The SMILES string of the molecule is C[NH2+]c1ccc(F)cc1OC. The summed E-state index contributed by atoms with van der Waals surface area (Å²) in [7, 11) is 3.41. The summed E-state index contributed by atoms with van der Waals surface area (Å²) in [6, 6.07) is 4.47. The molecule has 0 aliphatic carbocycles. The molecule has 2 nitrogen and oxygen atoms in total. The van der Waals surface area contributed by atoms with Crippen molar-refractivity contribution in [3.63, 3.8) is 0 Å². The molecule has 0 amide bonds.